The molecule has 1 aromatic carbocycles. The average molecular weight is 278 g/mol. The SMILES string of the molecule is ClC1=NC(Nc2ccccc2Cl)=CN(Cl)N1. The van der Waals surface area contributed by atoms with Gasteiger partial charge in [0, 0.05) is 11.8 Å². The van der Waals surface area contributed by atoms with Crippen LogP contribution in [0, 0.1) is 0 Å². The molecule has 1 aromatic rings. The molecule has 2 rings (SSSR count). The van der Waals surface area contributed by atoms with Crippen LogP contribution in [0.2, 0.25) is 5.02 Å². The Kier molecular flexibility index (Phi) is 3.43. The molecule has 0 bridgehead atoms. The minimum atomic E-state index is 0.173. The fourth-order valence-corrected chi connectivity index (χ4v) is 1.73. The van der Waals surface area contributed by atoms with Crippen LogP contribution < -0.4 is 10.7 Å². The first-order valence-corrected chi connectivity index (χ1v) is 5.44. The Morgan fingerprint density at radius 2 is 2.00 bits per heavy atom. The molecule has 1 aliphatic heterocycles. The Bertz CT molecular complexity index is 458. The first-order chi connectivity index (χ1) is 7.65. The monoisotopic (exact) mass is 276 g/mol. The minimum absolute atomic E-state index is 0.173. The summed E-state index contributed by atoms with van der Waals surface area (Å²) in [5.41, 5.74) is 3.31. The predicted molar refractivity (Wildman–Crippen MR) is 67.3 cm³/mol. The summed E-state index contributed by atoms with van der Waals surface area (Å²) in [6.07, 6.45) is 1.54. The van der Waals surface area contributed by atoms with Crippen molar-refractivity contribution in [3.63, 3.8) is 0 Å². The van der Waals surface area contributed by atoms with E-state index in [0.29, 0.717) is 10.8 Å². The van der Waals surface area contributed by atoms with Gasteiger partial charge < -0.3 is 5.32 Å². The van der Waals surface area contributed by atoms with Gasteiger partial charge in [-0.2, -0.15) is 9.52 Å². The Labute approximate surface area is 108 Å². The van der Waals surface area contributed by atoms with Crippen LogP contribution in [0.4, 0.5) is 5.69 Å². The van der Waals surface area contributed by atoms with E-state index in [1.165, 1.54) is 10.7 Å². The van der Waals surface area contributed by atoms with Gasteiger partial charge in [-0.15, -0.1) is 0 Å². The zero-order valence-corrected chi connectivity index (χ0v) is 10.2. The van der Waals surface area contributed by atoms with Crippen LogP contribution in [0.5, 0.6) is 0 Å². The predicted octanol–water partition coefficient (Wildman–Crippen LogP) is 3.12. The lowest BCUT2D eigenvalue weighted by molar-refractivity contribution is 0.540. The molecular weight excluding hydrogens is 270 g/mol. The molecule has 0 fully saturated rings. The number of hydrazine groups is 1. The van der Waals surface area contributed by atoms with Crippen molar-refractivity contribution < 1.29 is 0 Å². The molecule has 7 heteroatoms. The van der Waals surface area contributed by atoms with Gasteiger partial charge in [0.1, 0.15) is 0 Å². The summed E-state index contributed by atoms with van der Waals surface area (Å²) in [6.45, 7) is 0. The van der Waals surface area contributed by atoms with Crippen molar-refractivity contribution in [3.8, 4) is 0 Å². The number of hydrogen-bond acceptors (Lipinski definition) is 4. The zero-order chi connectivity index (χ0) is 11.5. The topological polar surface area (TPSA) is 39.7 Å². The third-order valence-electron chi connectivity index (χ3n) is 1.79. The van der Waals surface area contributed by atoms with Crippen LogP contribution in [0.25, 0.3) is 0 Å². The first-order valence-electron chi connectivity index (χ1n) is 4.34. The zero-order valence-electron chi connectivity index (χ0n) is 7.92. The molecule has 16 heavy (non-hydrogen) atoms. The van der Waals surface area contributed by atoms with E-state index in [-0.39, 0.29) is 5.29 Å². The second-order valence-corrected chi connectivity index (χ2v) is 4.07. The fraction of sp³-hybridized carbons (Fsp3) is 0. The van der Waals surface area contributed by atoms with Gasteiger partial charge >= 0.3 is 0 Å². The number of nitrogens with one attached hydrogen (secondary N) is 2. The van der Waals surface area contributed by atoms with E-state index in [4.69, 9.17) is 35.0 Å². The molecular formula is C9H7Cl3N4. The number of anilines is 1. The maximum atomic E-state index is 5.98. The molecule has 0 unspecified atom stereocenters. The number of amidine groups is 1. The van der Waals surface area contributed by atoms with Crippen molar-refractivity contribution >= 4 is 46.0 Å². The summed E-state index contributed by atoms with van der Waals surface area (Å²) in [4.78, 5) is 4.01. The van der Waals surface area contributed by atoms with Crippen molar-refractivity contribution in [3.05, 3.63) is 41.3 Å². The van der Waals surface area contributed by atoms with Crippen LogP contribution in [0.15, 0.2) is 41.3 Å². The standard InChI is InChI=1S/C9H7Cl3N4/c10-6-3-1-2-4-7(6)13-8-5-16(12)15-9(11)14-8/h1-5,13H,(H,14,15). The Morgan fingerprint density at radius 1 is 1.25 bits per heavy atom. The molecule has 1 aliphatic rings. The third kappa shape index (κ3) is 2.72. The Balaban J connectivity index is 2.19. The fourth-order valence-electron chi connectivity index (χ4n) is 1.15. The molecule has 0 aromatic heterocycles. The smallest absolute Gasteiger partial charge is 0.218 e. The molecule has 0 atom stereocenters. The highest BCUT2D eigenvalue weighted by molar-refractivity contribution is 6.65. The van der Waals surface area contributed by atoms with Crippen molar-refractivity contribution in [1.29, 1.82) is 0 Å². The number of nitrogens with zero attached hydrogens (tertiary/aromatic N) is 2. The van der Waals surface area contributed by atoms with E-state index in [1.54, 1.807) is 6.07 Å². The summed E-state index contributed by atoms with van der Waals surface area (Å²) in [6, 6.07) is 7.30. The van der Waals surface area contributed by atoms with E-state index < -0.39 is 0 Å². The van der Waals surface area contributed by atoms with E-state index in [1.807, 2.05) is 18.2 Å². The highest BCUT2D eigenvalue weighted by Gasteiger charge is 2.10. The number of halogens is 3. The third-order valence-corrected chi connectivity index (χ3v) is 2.47. The van der Waals surface area contributed by atoms with Gasteiger partial charge in [0.15, 0.2) is 5.82 Å². The summed E-state index contributed by atoms with van der Waals surface area (Å²) in [5, 5.41) is 3.77. The van der Waals surface area contributed by atoms with Gasteiger partial charge in [0.2, 0.25) is 5.29 Å². The highest BCUT2D eigenvalue weighted by Crippen LogP contribution is 2.23. The van der Waals surface area contributed by atoms with Crippen molar-refractivity contribution in [2.45, 2.75) is 0 Å². The number of aliphatic imine (C=N–C) groups is 1. The summed E-state index contributed by atoms with van der Waals surface area (Å²) >= 11 is 17.4. The van der Waals surface area contributed by atoms with E-state index in [9.17, 15) is 0 Å². The van der Waals surface area contributed by atoms with Crippen LogP contribution in [-0.2, 0) is 0 Å². The van der Waals surface area contributed by atoms with Crippen molar-refractivity contribution in [2.24, 2.45) is 4.99 Å². The average Bonchev–Trinajstić information content (AvgIpc) is 2.20. The van der Waals surface area contributed by atoms with Crippen molar-refractivity contribution in [1.82, 2.24) is 9.95 Å². The molecule has 0 radical (unpaired) electrons. The lowest BCUT2D eigenvalue weighted by atomic mass is 10.3. The normalized spacial score (nSPS) is 15.1. The maximum absolute atomic E-state index is 5.98. The lowest BCUT2D eigenvalue weighted by Gasteiger charge is -2.19. The highest BCUT2D eigenvalue weighted by atomic mass is 35.5. The summed E-state index contributed by atoms with van der Waals surface area (Å²) < 4.78 is 1.18. The number of rotatable bonds is 2. The minimum Gasteiger partial charge on any atom is -0.338 e. The molecule has 0 aliphatic carbocycles. The van der Waals surface area contributed by atoms with Gasteiger partial charge in [-0.05, 0) is 23.7 Å². The van der Waals surface area contributed by atoms with Gasteiger partial charge in [-0.25, -0.2) is 0 Å². The molecule has 84 valence electrons. The van der Waals surface area contributed by atoms with Crippen LogP contribution >= 0.6 is 35.0 Å². The van der Waals surface area contributed by atoms with Gasteiger partial charge in [-0.1, -0.05) is 23.7 Å². The van der Waals surface area contributed by atoms with E-state index in [0.717, 1.165) is 5.69 Å². The number of hydrogen-bond donors (Lipinski definition) is 2. The quantitative estimate of drug-likeness (QED) is 0.644. The maximum Gasteiger partial charge on any atom is 0.218 e. The molecule has 4 nitrogen and oxygen atoms in total. The van der Waals surface area contributed by atoms with Crippen LogP contribution in [0.1, 0.15) is 0 Å². The van der Waals surface area contributed by atoms with Crippen molar-refractivity contribution in [2.75, 3.05) is 5.32 Å². The second kappa shape index (κ2) is 4.82. The second-order valence-electron chi connectivity index (χ2n) is 2.94. The van der Waals surface area contributed by atoms with E-state index >= 15 is 0 Å². The molecule has 0 saturated heterocycles. The van der Waals surface area contributed by atoms with Gasteiger partial charge in [0.05, 0.1) is 16.9 Å². The van der Waals surface area contributed by atoms with Gasteiger partial charge in [0.25, 0.3) is 0 Å². The molecule has 1 heterocycles. The Morgan fingerprint density at radius 3 is 2.69 bits per heavy atom. The first kappa shape index (κ1) is 11.4. The van der Waals surface area contributed by atoms with Crippen LogP contribution in [-0.4, -0.2) is 9.82 Å². The summed E-state index contributed by atoms with van der Waals surface area (Å²) in [7, 11) is 0. The number of benzene rings is 1. The molecule has 0 spiro atoms. The molecule has 0 saturated carbocycles. The largest absolute Gasteiger partial charge is 0.338 e. The lowest BCUT2D eigenvalue weighted by Crippen LogP contribution is -2.32. The number of para-hydroxylation sites is 1. The van der Waals surface area contributed by atoms with Gasteiger partial charge in [-0.3, -0.25) is 5.43 Å². The summed E-state index contributed by atoms with van der Waals surface area (Å²) in [5.74, 6) is 0.492. The van der Waals surface area contributed by atoms with Crippen LogP contribution in [0.3, 0.4) is 0 Å². The Hall–Kier alpha value is -1.10. The molecule has 2 N–H and O–H groups in total. The van der Waals surface area contributed by atoms with E-state index in [2.05, 4.69) is 15.7 Å². The molecule has 0 amide bonds.